The lowest BCUT2D eigenvalue weighted by molar-refractivity contribution is 1.03. The van der Waals surface area contributed by atoms with Gasteiger partial charge in [0.15, 0.2) is 0 Å². The summed E-state index contributed by atoms with van der Waals surface area (Å²) < 4.78 is 0.872. The maximum Gasteiger partial charge on any atom is 0.223 e. The van der Waals surface area contributed by atoms with E-state index in [-0.39, 0.29) is 0 Å². The number of hydrogen-bond donors (Lipinski definition) is 1. The van der Waals surface area contributed by atoms with Crippen LogP contribution in [0.2, 0.25) is 5.02 Å². The number of halogens is 2. The quantitative estimate of drug-likeness (QED) is 0.860. The largest absolute Gasteiger partial charge is 0.357 e. The Balaban J connectivity index is 2.25. The van der Waals surface area contributed by atoms with Crippen LogP contribution in [-0.4, -0.2) is 17.0 Å². The number of aromatic nitrogens is 2. The Morgan fingerprint density at radius 3 is 2.65 bits per heavy atom. The normalized spacial score (nSPS) is 10.3. The SMILES string of the molecule is CNc1ncc(Br)c(Sc2ccc(Cl)cc2)n1. The van der Waals surface area contributed by atoms with Crippen molar-refractivity contribution in [3.63, 3.8) is 0 Å². The summed E-state index contributed by atoms with van der Waals surface area (Å²) in [5.41, 5.74) is 0. The van der Waals surface area contributed by atoms with E-state index in [0.717, 1.165) is 19.4 Å². The maximum atomic E-state index is 5.84. The summed E-state index contributed by atoms with van der Waals surface area (Å²) in [6.07, 6.45) is 1.73. The van der Waals surface area contributed by atoms with Crippen molar-refractivity contribution in [2.24, 2.45) is 0 Å². The first kappa shape index (κ1) is 12.7. The van der Waals surface area contributed by atoms with Crippen molar-refractivity contribution in [3.05, 3.63) is 40.0 Å². The monoisotopic (exact) mass is 329 g/mol. The molecule has 1 aromatic heterocycles. The molecule has 88 valence electrons. The van der Waals surface area contributed by atoms with Gasteiger partial charge in [-0.3, -0.25) is 0 Å². The summed E-state index contributed by atoms with van der Waals surface area (Å²) in [4.78, 5) is 9.56. The smallest absolute Gasteiger partial charge is 0.223 e. The van der Waals surface area contributed by atoms with Crippen molar-refractivity contribution in [1.82, 2.24) is 9.97 Å². The molecule has 0 unspecified atom stereocenters. The Morgan fingerprint density at radius 2 is 2.00 bits per heavy atom. The molecule has 0 aliphatic carbocycles. The minimum atomic E-state index is 0.602. The van der Waals surface area contributed by atoms with Crippen LogP contribution in [-0.2, 0) is 0 Å². The van der Waals surface area contributed by atoms with Crippen LogP contribution in [0.3, 0.4) is 0 Å². The third-order valence-electron chi connectivity index (χ3n) is 1.96. The van der Waals surface area contributed by atoms with E-state index in [4.69, 9.17) is 11.6 Å². The first-order valence-corrected chi connectivity index (χ1v) is 6.81. The first-order valence-electron chi connectivity index (χ1n) is 4.83. The van der Waals surface area contributed by atoms with E-state index in [1.807, 2.05) is 24.3 Å². The highest BCUT2D eigenvalue weighted by Crippen LogP contribution is 2.32. The molecule has 0 aliphatic heterocycles. The Bertz CT molecular complexity index is 519. The van der Waals surface area contributed by atoms with Crippen molar-refractivity contribution in [3.8, 4) is 0 Å². The van der Waals surface area contributed by atoms with Crippen LogP contribution in [0.4, 0.5) is 5.95 Å². The van der Waals surface area contributed by atoms with Gasteiger partial charge in [0.05, 0.1) is 4.47 Å². The second-order valence-corrected chi connectivity index (χ2v) is 5.51. The fraction of sp³-hybridized carbons (Fsp3) is 0.0909. The summed E-state index contributed by atoms with van der Waals surface area (Å²) in [5.74, 6) is 0.602. The van der Waals surface area contributed by atoms with E-state index in [9.17, 15) is 0 Å². The maximum absolute atomic E-state index is 5.84. The lowest BCUT2D eigenvalue weighted by Crippen LogP contribution is -1.97. The topological polar surface area (TPSA) is 37.8 Å². The molecule has 1 aromatic carbocycles. The summed E-state index contributed by atoms with van der Waals surface area (Å²) in [6.45, 7) is 0. The van der Waals surface area contributed by atoms with Gasteiger partial charge in [0.1, 0.15) is 5.03 Å². The first-order chi connectivity index (χ1) is 8.19. The van der Waals surface area contributed by atoms with Gasteiger partial charge >= 0.3 is 0 Å². The second kappa shape index (κ2) is 5.71. The molecule has 0 bridgehead atoms. The molecule has 2 aromatic rings. The Labute approximate surface area is 117 Å². The van der Waals surface area contributed by atoms with E-state index in [1.54, 1.807) is 25.0 Å². The van der Waals surface area contributed by atoms with Gasteiger partial charge in [0.25, 0.3) is 0 Å². The number of rotatable bonds is 3. The highest BCUT2D eigenvalue weighted by Gasteiger charge is 2.06. The fourth-order valence-electron chi connectivity index (χ4n) is 1.16. The van der Waals surface area contributed by atoms with Crippen LogP contribution in [0.15, 0.2) is 44.9 Å². The number of benzene rings is 1. The van der Waals surface area contributed by atoms with E-state index < -0.39 is 0 Å². The molecule has 6 heteroatoms. The van der Waals surface area contributed by atoms with Crippen LogP contribution in [0.25, 0.3) is 0 Å². The predicted octanol–water partition coefficient (Wildman–Crippen LogP) is 4.09. The lowest BCUT2D eigenvalue weighted by atomic mass is 10.4. The molecule has 0 fully saturated rings. The molecule has 0 saturated heterocycles. The number of anilines is 1. The van der Waals surface area contributed by atoms with Gasteiger partial charge in [-0.05, 0) is 40.2 Å². The molecule has 17 heavy (non-hydrogen) atoms. The Morgan fingerprint density at radius 1 is 1.29 bits per heavy atom. The second-order valence-electron chi connectivity index (χ2n) is 3.15. The highest BCUT2D eigenvalue weighted by atomic mass is 79.9. The third-order valence-corrected chi connectivity index (χ3v) is 4.07. The fourth-order valence-corrected chi connectivity index (χ4v) is 2.50. The number of nitrogens with one attached hydrogen (secondary N) is 1. The summed E-state index contributed by atoms with van der Waals surface area (Å²) in [6, 6.07) is 7.64. The lowest BCUT2D eigenvalue weighted by Gasteiger charge is -2.05. The predicted molar refractivity (Wildman–Crippen MR) is 74.9 cm³/mol. The minimum Gasteiger partial charge on any atom is -0.357 e. The van der Waals surface area contributed by atoms with Gasteiger partial charge < -0.3 is 5.32 Å². The highest BCUT2D eigenvalue weighted by molar-refractivity contribution is 9.10. The summed E-state index contributed by atoms with van der Waals surface area (Å²) >= 11 is 10.8. The zero-order chi connectivity index (χ0) is 12.3. The van der Waals surface area contributed by atoms with E-state index in [0.29, 0.717) is 5.95 Å². The molecule has 0 amide bonds. The number of hydrogen-bond acceptors (Lipinski definition) is 4. The zero-order valence-corrected chi connectivity index (χ0v) is 12.1. The van der Waals surface area contributed by atoms with Crippen molar-refractivity contribution in [2.45, 2.75) is 9.92 Å². The average molecular weight is 331 g/mol. The van der Waals surface area contributed by atoms with Crippen molar-refractivity contribution < 1.29 is 0 Å². The molecule has 2 rings (SSSR count). The van der Waals surface area contributed by atoms with Crippen molar-refractivity contribution in [2.75, 3.05) is 12.4 Å². The molecule has 1 N–H and O–H groups in total. The zero-order valence-electron chi connectivity index (χ0n) is 8.95. The molecule has 0 spiro atoms. The van der Waals surface area contributed by atoms with Gasteiger partial charge in [-0.25, -0.2) is 9.97 Å². The van der Waals surface area contributed by atoms with Gasteiger partial charge in [-0.15, -0.1) is 0 Å². The van der Waals surface area contributed by atoms with Crippen molar-refractivity contribution in [1.29, 1.82) is 0 Å². The Kier molecular flexibility index (Phi) is 4.25. The van der Waals surface area contributed by atoms with Crippen LogP contribution in [0.1, 0.15) is 0 Å². The van der Waals surface area contributed by atoms with Gasteiger partial charge in [0, 0.05) is 23.2 Å². The van der Waals surface area contributed by atoms with Gasteiger partial charge in [-0.2, -0.15) is 0 Å². The van der Waals surface area contributed by atoms with E-state index in [1.165, 1.54) is 0 Å². The van der Waals surface area contributed by atoms with E-state index >= 15 is 0 Å². The van der Waals surface area contributed by atoms with Crippen LogP contribution >= 0.6 is 39.3 Å². The van der Waals surface area contributed by atoms with Crippen LogP contribution < -0.4 is 5.32 Å². The van der Waals surface area contributed by atoms with E-state index in [2.05, 4.69) is 31.2 Å². The Hall–Kier alpha value is -0.780. The number of nitrogens with zero attached hydrogens (tertiary/aromatic N) is 2. The molecule has 0 saturated carbocycles. The molecule has 1 heterocycles. The summed E-state index contributed by atoms with van der Waals surface area (Å²) in [5, 5.41) is 4.51. The standard InChI is InChI=1S/C11H9BrClN3S/c1-14-11-15-6-9(12)10(16-11)17-8-4-2-7(13)3-5-8/h2-6H,1H3,(H,14,15,16). The summed E-state index contributed by atoms with van der Waals surface area (Å²) in [7, 11) is 1.79. The third kappa shape index (κ3) is 3.34. The van der Waals surface area contributed by atoms with Gasteiger partial charge in [-0.1, -0.05) is 23.4 Å². The molecule has 0 atom stereocenters. The average Bonchev–Trinajstić information content (AvgIpc) is 2.35. The van der Waals surface area contributed by atoms with Crippen molar-refractivity contribution >= 4 is 45.2 Å². The van der Waals surface area contributed by atoms with Gasteiger partial charge in [0.2, 0.25) is 5.95 Å². The molecular weight excluding hydrogens is 322 g/mol. The minimum absolute atomic E-state index is 0.602. The molecular formula is C11H9BrClN3S. The van der Waals surface area contributed by atoms with Crippen LogP contribution in [0, 0.1) is 0 Å². The van der Waals surface area contributed by atoms with Crippen LogP contribution in [0.5, 0.6) is 0 Å². The molecule has 3 nitrogen and oxygen atoms in total. The molecule has 0 aliphatic rings. The molecule has 0 radical (unpaired) electrons.